The molecule has 0 aromatic carbocycles. The fourth-order valence-electron chi connectivity index (χ4n) is 3.15. The highest BCUT2D eigenvalue weighted by Gasteiger charge is 2.26. The van der Waals surface area contributed by atoms with Gasteiger partial charge < -0.3 is 9.73 Å². The first-order valence-electron chi connectivity index (χ1n) is 8.27. The Labute approximate surface area is 141 Å². The molecule has 1 atom stereocenters. The van der Waals surface area contributed by atoms with Crippen molar-refractivity contribution in [2.75, 3.05) is 13.1 Å². The molecule has 0 radical (unpaired) electrons. The minimum atomic E-state index is 0.146. The normalized spacial score (nSPS) is 18.0. The standard InChI is InChI=1S/C18H24N2O2S/c1-14(11-15-6-10-23-13-15)19-18(21)16-4-7-20(8-5-16)12-17-3-2-9-22-17/h2-3,6,9-10,13-14,16H,4-5,7-8,11-12H2,1H3,(H,19,21)/t14-/m0/s1. The van der Waals surface area contributed by atoms with Crippen molar-refractivity contribution in [1.82, 2.24) is 10.2 Å². The summed E-state index contributed by atoms with van der Waals surface area (Å²) in [6, 6.07) is 6.24. The van der Waals surface area contributed by atoms with Crippen LogP contribution in [0.5, 0.6) is 0 Å². The molecule has 5 heteroatoms. The summed E-state index contributed by atoms with van der Waals surface area (Å²) in [5, 5.41) is 7.41. The fraction of sp³-hybridized carbons (Fsp3) is 0.500. The number of thiophene rings is 1. The van der Waals surface area contributed by atoms with Gasteiger partial charge in [-0.2, -0.15) is 11.3 Å². The van der Waals surface area contributed by atoms with E-state index >= 15 is 0 Å². The molecule has 3 rings (SSSR count). The van der Waals surface area contributed by atoms with E-state index in [0.717, 1.165) is 44.7 Å². The molecule has 1 N–H and O–H groups in total. The van der Waals surface area contributed by atoms with Crippen LogP contribution in [-0.2, 0) is 17.8 Å². The van der Waals surface area contributed by atoms with Gasteiger partial charge in [0.25, 0.3) is 0 Å². The van der Waals surface area contributed by atoms with Gasteiger partial charge >= 0.3 is 0 Å². The Morgan fingerprint density at radius 3 is 2.91 bits per heavy atom. The maximum atomic E-state index is 12.4. The number of amides is 1. The Bertz CT molecular complexity index is 587. The average Bonchev–Trinajstić information content (AvgIpc) is 3.21. The van der Waals surface area contributed by atoms with Crippen molar-refractivity contribution in [3.63, 3.8) is 0 Å². The Morgan fingerprint density at radius 2 is 2.26 bits per heavy atom. The molecule has 0 aliphatic carbocycles. The first-order valence-corrected chi connectivity index (χ1v) is 9.21. The van der Waals surface area contributed by atoms with Gasteiger partial charge in [0.2, 0.25) is 5.91 Å². The van der Waals surface area contributed by atoms with Crippen LogP contribution in [-0.4, -0.2) is 29.9 Å². The van der Waals surface area contributed by atoms with E-state index in [2.05, 4.69) is 34.0 Å². The highest BCUT2D eigenvalue weighted by Crippen LogP contribution is 2.20. The van der Waals surface area contributed by atoms with Crippen molar-refractivity contribution in [2.45, 2.75) is 38.8 Å². The first-order chi connectivity index (χ1) is 11.2. The summed E-state index contributed by atoms with van der Waals surface area (Å²) in [6.45, 7) is 4.84. The van der Waals surface area contributed by atoms with Crippen LogP contribution in [0, 0.1) is 5.92 Å². The highest BCUT2D eigenvalue weighted by atomic mass is 32.1. The Kier molecular flexibility index (Phi) is 5.51. The smallest absolute Gasteiger partial charge is 0.223 e. The van der Waals surface area contributed by atoms with E-state index in [0.29, 0.717) is 0 Å². The third-order valence-corrected chi connectivity index (χ3v) is 5.16. The third kappa shape index (κ3) is 4.69. The van der Waals surface area contributed by atoms with Gasteiger partial charge in [-0.25, -0.2) is 0 Å². The molecule has 0 spiro atoms. The van der Waals surface area contributed by atoms with E-state index in [4.69, 9.17) is 4.42 Å². The zero-order valence-corrected chi connectivity index (χ0v) is 14.3. The van der Waals surface area contributed by atoms with Crippen LogP contribution >= 0.6 is 11.3 Å². The fourth-order valence-corrected chi connectivity index (χ4v) is 3.83. The monoisotopic (exact) mass is 332 g/mol. The number of carbonyl (C=O) groups is 1. The minimum absolute atomic E-state index is 0.146. The molecule has 1 aliphatic rings. The second-order valence-corrected chi connectivity index (χ2v) is 7.16. The van der Waals surface area contributed by atoms with Crippen LogP contribution in [0.2, 0.25) is 0 Å². The van der Waals surface area contributed by atoms with E-state index in [9.17, 15) is 4.79 Å². The summed E-state index contributed by atoms with van der Waals surface area (Å²) >= 11 is 1.70. The second-order valence-electron chi connectivity index (χ2n) is 6.38. The summed E-state index contributed by atoms with van der Waals surface area (Å²) in [7, 11) is 0. The van der Waals surface area contributed by atoms with Crippen molar-refractivity contribution in [3.8, 4) is 0 Å². The largest absolute Gasteiger partial charge is 0.468 e. The number of piperidine rings is 1. The summed E-state index contributed by atoms with van der Waals surface area (Å²) < 4.78 is 5.39. The van der Waals surface area contributed by atoms with E-state index in [1.807, 2.05) is 12.1 Å². The van der Waals surface area contributed by atoms with E-state index < -0.39 is 0 Å². The molecule has 1 fully saturated rings. The molecule has 4 nitrogen and oxygen atoms in total. The quantitative estimate of drug-likeness (QED) is 0.883. The number of carbonyl (C=O) groups excluding carboxylic acids is 1. The first kappa shape index (κ1) is 16.3. The molecule has 3 heterocycles. The number of likely N-dealkylation sites (tertiary alicyclic amines) is 1. The van der Waals surface area contributed by atoms with Crippen molar-refractivity contribution < 1.29 is 9.21 Å². The summed E-state index contributed by atoms with van der Waals surface area (Å²) in [5.74, 6) is 1.36. The lowest BCUT2D eigenvalue weighted by molar-refractivity contribution is -0.127. The van der Waals surface area contributed by atoms with Crippen molar-refractivity contribution in [1.29, 1.82) is 0 Å². The van der Waals surface area contributed by atoms with Gasteiger partial charge in [-0.1, -0.05) is 0 Å². The minimum Gasteiger partial charge on any atom is -0.468 e. The predicted octanol–water partition coefficient (Wildman–Crippen LogP) is 3.30. The maximum absolute atomic E-state index is 12.4. The molecule has 23 heavy (non-hydrogen) atoms. The molecule has 2 aromatic heterocycles. The summed E-state index contributed by atoms with van der Waals surface area (Å²) in [4.78, 5) is 14.8. The zero-order valence-electron chi connectivity index (χ0n) is 13.5. The van der Waals surface area contributed by atoms with E-state index in [1.165, 1.54) is 5.56 Å². The molecular weight excluding hydrogens is 308 g/mol. The van der Waals surface area contributed by atoms with Gasteiger partial charge in [-0.15, -0.1) is 0 Å². The third-order valence-electron chi connectivity index (χ3n) is 4.43. The Hall–Kier alpha value is -1.59. The number of nitrogens with one attached hydrogen (secondary N) is 1. The van der Waals surface area contributed by atoms with Crippen molar-refractivity contribution in [3.05, 3.63) is 46.5 Å². The molecule has 2 aromatic rings. The Morgan fingerprint density at radius 1 is 1.43 bits per heavy atom. The second kappa shape index (κ2) is 7.79. The lowest BCUT2D eigenvalue weighted by atomic mass is 9.95. The molecule has 0 saturated carbocycles. The highest BCUT2D eigenvalue weighted by molar-refractivity contribution is 7.07. The number of furan rings is 1. The lowest BCUT2D eigenvalue weighted by Crippen LogP contribution is -2.43. The molecule has 124 valence electrons. The molecule has 1 saturated heterocycles. The van der Waals surface area contributed by atoms with Crippen LogP contribution in [0.15, 0.2) is 39.6 Å². The molecule has 0 unspecified atom stereocenters. The van der Waals surface area contributed by atoms with Gasteiger partial charge in [0, 0.05) is 12.0 Å². The van der Waals surface area contributed by atoms with Crippen LogP contribution in [0.3, 0.4) is 0 Å². The van der Waals surface area contributed by atoms with Crippen molar-refractivity contribution in [2.24, 2.45) is 5.92 Å². The van der Waals surface area contributed by atoms with Crippen LogP contribution in [0.1, 0.15) is 31.1 Å². The van der Waals surface area contributed by atoms with Crippen LogP contribution in [0.25, 0.3) is 0 Å². The van der Waals surface area contributed by atoms with Crippen LogP contribution in [0.4, 0.5) is 0 Å². The summed E-state index contributed by atoms with van der Waals surface area (Å²) in [5.41, 5.74) is 1.30. The maximum Gasteiger partial charge on any atom is 0.223 e. The van der Waals surface area contributed by atoms with Gasteiger partial charge in [0.15, 0.2) is 0 Å². The molecule has 1 amide bonds. The van der Waals surface area contributed by atoms with E-state index in [-0.39, 0.29) is 17.9 Å². The van der Waals surface area contributed by atoms with Crippen LogP contribution < -0.4 is 5.32 Å². The van der Waals surface area contributed by atoms with Gasteiger partial charge in [-0.3, -0.25) is 9.69 Å². The molecule has 1 aliphatic heterocycles. The number of hydrogen-bond acceptors (Lipinski definition) is 4. The van der Waals surface area contributed by atoms with Gasteiger partial charge in [0.05, 0.1) is 12.8 Å². The molecular formula is C18H24N2O2S. The zero-order chi connectivity index (χ0) is 16.1. The number of rotatable bonds is 6. The average molecular weight is 332 g/mol. The number of hydrogen-bond donors (Lipinski definition) is 1. The topological polar surface area (TPSA) is 45.5 Å². The SMILES string of the molecule is C[C@@H](Cc1ccsc1)NC(=O)C1CCN(Cc2ccco2)CC1. The Balaban J connectivity index is 1.41. The summed E-state index contributed by atoms with van der Waals surface area (Å²) in [6.07, 6.45) is 4.48. The van der Waals surface area contributed by atoms with Crippen molar-refractivity contribution >= 4 is 17.2 Å². The lowest BCUT2D eigenvalue weighted by Gasteiger charge is -2.31. The number of nitrogens with zero attached hydrogens (tertiary/aromatic N) is 1. The van der Waals surface area contributed by atoms with Gasteiger partial charge in [-0.05, 0) is 73.8 Å². The molecule has 0 bridgehead atoms. The predicted molar refractivity (Wildman–Crippen MR) is 92.3 cm³/mol. The van der Waals surface area contributed by atoms with Gasteiger partial charge in [0.1, 0.15) is 5.76 Å². The van der Waals surface area contributed by atoms with E-state index in [1.54, 1.807) is 17.6 Å².